The summed E-state index contributed by atoms with van der Waals surface area (Å²) < 4.78 is 11.3. The SMILES string of the molecule is CCOc1ccc(C2NNCC2CN2CCCC2c2cc(C(C)C)no2)cc1. The highest BCUT2D eigenvalue weighted by molar-refractivity contribution is 5.30. The number of benzene rings is 1. The predicted octanol–water partition coefficient (Wildman–Crippen LogP) is 3.80. The van der Waals surface area contributed by atoms with E-state index < -0.39 is 0 Å². The molecule has 0 saturated carbocycles. The summed E-state index contributed by atoms with van der Waals surface area (Å²) in [5, 5.41) is 4.27. The van der Waals surface area contributed by atoms with Crippen LogP contribution in [-0.4, -0.2) is 36.3 Å². The second-order valence-corrected chi connectivity index (χ2v) is 8.23. The molecule has 2 fully saturated rings. The zero-order chi connectivity index (χ0) is 19.5. The van der Waals surface area contributed by atoms with Crippen molar-refractivity contribution in [3.05, 3.63) is 47.3 Å². The highest BCUT2D eigenvalue weighted by atomic mass is 16.5. The lowest BCUT2D eigenvalue weighted by Crippen LogP contribution is -2.32. The van der Waals surface area contributed by atoms with Gasteiger partial charge in [0.05, 0.1) is 24.4 Å². The van der Waals surface area contributed by atoms with Gasteiger partial charge in [-0.25, -0.2) is 5.43 Å². The van der Waals surface area contributed by atoms with Crippen molar-refractivity contribution >= 4 is 0 Å². The van der Waals surface area contributed by atoms with Crippen molar-refractivity contribution in [3.63, 3.8) is 0 Å². The van der Waals surface area contributed by atoms with Crippen LogP contribution >= 0.6 is 0 Å². The van der Waals surface area contributed by atoms with Crippen molar-refractivity contribution < 1.29 is 9.26 Å². The van der Waals surface area contributed by atoms with E-state index >= 15 is 0 Å². The summed E-state index contributed by atoms with van der Waals surface area (Å²) in [4.78, 5) is 2.57. The van der Waals surface area contributed by atoms with Gasteiger partial charge in [0.25, 0.3) is 0 Å². The van der Waals surface area contributed by atoms with Gasteiger partial charge < -0.3 is 9.26 Å². The number of ether oxygens (including phenoxy) is 1. The molecular formula is C22H32N4O2. The molecule has 0 radical (unpaired) electrons. The second kappa shape index (κ2) is 8.64. The molecule has 3 atom stereocenters. The molecule has 6 nitrogen and oxygen atoms in total. The van der Waals surface area contributed by atoms with Crippen LogP contribution in [0.3, 0.4) is 0 Å². The molecule has 4 rings (SSSR count). The highest BCUT2D eigenvalue weighted by Gasteiger charge is 2.35. The van der Waals surface area contributed by atoms with E-state index in [1.54, 1.807) is 0 Å². The van der Waals surface area contributed by atoms with Crippen molar-refractivity contribution in [2.75, 3.05) is 26.2 Å². The van der Waals surface area contributed by atoms with Crippen LogP contribution in [0.5, 0.6) is 5.75 Å². The normalized spacial score (nSPS) is 25.6. The smallest absolute Gasteiger partial charge is 0.154 e. The van der Waals surface area contributed by atoms with Crippen molar-refractivity contribution in [1.29, 1.82) is 0 Å². The minimum absolute atomic E-state index is 0.304. The van der Waals surface area contributed by atoms with Crippen molar-refractivity contribution in [1.82, 2.24) is 20.9 Å². The average Bonchev–Trinajstić information content (AvgIpc) is 3.43. The highest BCUT2D eigenvalue weighted by Crippen LogP contribution is 2.36. The van der Waals surface area contributed by atoms with Crippen molar-refractivity contribution in [2.45, 2.75) is 51.6 Å². The Labute approximate surface area is 167 Å². The molecule has 1 aromatic carbocycles. The Bertz CT molecular complexity index is 758. The molecule has 2 aliphatic heterocycles. The van der Waals surface area contributed by atoms with E-state index in [9.17, 15) is 0 Å². The molecule has 28 heavy (non-hydrogen) atoms. The van der Waals surface area contributed by atoms with E-state index in [0.717, 1.165) is 43.3 Å². The van der Waals surface area contributed by atoms with Gasteiger partial charge in [-0.05, 0) is 49.9 Å². The molecule has 2 N–H and O–H groups in total. The molecule has 0 bridgehead atoms. The minimum Gasteiger partial charge on any atom is -0.494 e. The first-order valence-corrected chi connectivity index (χ1v) is 10.6. The van der Waals surface area contributed by atoms with Gasteiger partial charge in [-0.15, -0.1) is 0 Å². The van der Waals surface area contributed by atoms with Gasteiger partial charge in [-0.2, -0.15) is 0 Å². The topological polar surface area (TPSA) is 62.6 Å². The Morgan fingerprint density at radius 3 is 2.82 bits per heavy atom. The zero-order valence-electron chi connectivity index (χ0n) is 17.1. The fourth-order valence-electron chi connectivity index (χ4n) is 4.40. The van der Waals surface area contributed by atoms with E-state index in [2.05, 4.69) is 65.1 Å². The van der Waals surface area contributed by atoms with E-state index in [1.807, 2.05) is 6.92 Å². The quantitative estimate of drug-likeness (QED) is 0.757. The van der Waals surface area contributed by atoms with Gasteiger partial charge in [0.2, 0.25) is 0 Å². The second-order valence-electron chi connectivity index (χ2n) is 8.23. The molecule has 152 valence electrons. The number of hydrogen-bond acceptors (Lipinski definition) is 6. The minimum atomic E-state index is 0.304. The number of hydrazine groups is 1. The molecule has 0 spiro atoms. The van der Waals surface area contributed by atoms with E-state index in [4.69, 9.17) is 9.26 Å². The number of nitrogens with zero attached hydrogens (tertiary/aromatic N) is 2. The standard InChI is InChI=1S/C22H32N4O2/c1-4-27-18-9-7-16(8-10-18)22-17(13-23-24-22)14-26-11-5-6-20(26)21-12-19(15(2)3)25-28-21/h7-10,12,15,17,20,22-24H,4-6,11,13-14H2,1-3H3. The van der Waals surface area contributed by atoms with Crippen LogP contribution in [0.4, 0.5) is 0 Å². The fraction of sp³-hybridized carbons (Fsp3) is 0.591. The van der Waals surface area contributed by atoms with Crippen LogP contribution < -0.4 is 15.6 Å². The zero-order valence-corrected chi connectivity index (χ0v) is 17.1. The third-order valence-corrected chi connectivity index (χ3v) is 5.94. The maximum atomic E-state index is 5.72. The molecule has 3 unspecified atom stereocenters. The van der Waals surface area contributed by atoms with Crippen molar-refractivity contribution in [3.8, 4) is 5.75 Å². The molecule has 2 aromatic rings. The van der Waals surface area contributed by atoms with Gasteiger partial charge in [0.15, 0.2) is 5.76 Å². The molecule has 0 aliphatic carbocycles. The Morgan fingerprint density at radius 2 is 2.11 bits per heavy atom. The third-order valence-electron chi connectivity index (χ3n) is 5.94. The van der Waals surface area contributed by atoms with Gasteiger partial charge in [-0.3, -0.25) is 10.3 Å². The first-order chi connectivity index (χ1) is 13.7. The van der Waals surface area contributed by atoms with Crippen molar-refractivity contribution in [2.24, 2.45) is 5.92 Å². The largest absolute Gasteiger partial charge is 0.494 e. The molecular weight excluding hydrogens is 352 g/mol. The van der Waals surface area contributed by atoms with Crippen LogP contribution in [0.15, 0.2) is 34.9 Å². The summed E-state index contributed by atoms with van der Waals surface area (Å²) in [5.74, 6) is 2.86. The summed E-state index contributed by atoms with van der Waals surface area (Å²) in [6, 6.07) is 11.3. The Balaban J connectivity index is 1.44. The fourth-order valence-corrected chi connectivity index (χ4v) is 4.40. The number of rotatable bonds is 7. The average molecular weight is 385 g/mol. The summed E-state index contributed by atoms with van der Waals surface area (Å²) in [5.41, 5.74) is 9.19. The number of likely N-dealkylation sites (tertiary alicyclic amines) is 1. The molecule has 2 saturated heterocycles. The van der Waals surface area contributed by atoms with Crippen LogP contribution in [0, 0.1) is 5.92 Å². The molecule has 1 aromatic heterocycles. The predicted molar refractivity (Wildman–Crippen MR) is 109 cm³/mol. The lowest BCUT2D eigenvalue weighted by Gasteiger charge is -2.28. The van der Waals surface area contributed by atoms with Crippen LogP contribution in [0.2, 0.25) is 0 Å². The van der Waals surface area contributed by atoms with Gasteiger partial charge in [0.1, 0.15) is 5.75 Å². The third kappa shape index (κ3) is 4.09. The van der Waals surface area contributed by atoms with Crippen LogP contribution in [0.1, 0.15) is 68.6 Å². The summed E-state index contributed by atoms with van der Waals surface area (Å²) >= 11 is 0. The monoisotopic (exact) mass is 384 g/mol. The molecule has 3 heterocycles. The Morgan fingerprint density at radius 1 is 1.29 bits per heavy atom. The first-order valence-electron chi connectivity index (χ1n) is 10.6. The van der Waals surface area contributed by atoms with Gasteiger partial charge in [0, 0.05) is 25.1 Å². The van der Waals surface area contributed by atoms with Gasteiger partial charge in [-0.1, -0.05) is 31.1 Å². The number of hydrogen-bond donors (Lipinski definition) is 2. The lowest BCUT2D eigenvalue weighted by atomic mass is 9.94. The van der Waals surface area contributed by atoms with E-state index in [-0.39, 0.29) is 0 Å². The number of aromatic nitrogens is 1. The maximum absolute atomic E-state index is 5.72. The molecule has 0 amide bonds. The summed E-state index contributed by atoms with van der Waals surface area (Å²) in [6.07, 6.45) is 2.36. The Kier molecular flexibility index (Phi) is 5.99. The first kappa shape index (κ1) is 19.4. The maximum Gasteiger partial charge on any atom is 0.154 e. The van der Waals surface area contributed by atoms with E-state index in [1.165, 1.54) is 12.0 Å². The van der Waals surface area contributed by atoms with Crippen LogP contribution in [0.25, 0.3) is 0 Å². The Hall–Kier alpha value is -1.89. The van der Waals surface area contributed by atoms with E-state index in [0.29, 0.717) is 30.5 Å². The van der Waals surface area contributed by atoms with Crippen LogP contribution in [-0.2, 0) is 0 Å². The summed E-state index contributed by atoms with van der Waals surface area (Å²) in [6.45, 7) is 10.2. The number of nitrogens with one attached hydrogen (secondary N) is 2. The lowest BCUT2D eigenvalue weighted by molar-refractivity contribution is 0.182. The molecule has 6 heteroatoms. The summed E-state index contributed by atoms with van der Waals surface area (Å²) in [7, 11) is 0. The van der Waals surface area contributed by atoms with Gasteiger partial charge >= 0.3 is 0 Å². The molecule has 2 aliphatic rings.